The minimum Gasteiger partial charge on any atom is -0.310 e. The van der Waals surface area contributed by atoms with E-state index >= 15 is 0 Å². The van der Waals surface area contributed by atoms with Gasteiger partial charge >= 0.3 is 0 Å². The Balaban J connectivity index is 1.53. The Bertz CT molecular complexity index is 4500. The van der Waals surface area contributed by atoms with E-state index in [9.17, 15) is 20.6 Å². The monoisotopic (exact) mass is 684 g/mol. The van der Waals surface area contributed by atoms with E-state index in [1.165, 1.54) is 0 Å². The maximum Gasteiger partial charge on any atom is 0.0746 e. The summed E-state index contributed by atoms with van der Waals surface area (Å²) in [7, 11) is 0. The van der Waals surface area contributed by atoms with Crippen LogP contribution in [-0.4, -0.2) is 0 Å². The lowest BCUT2D eigenvalue weighted by Crippen LogP contribution is -2.28. The predicted molar refractivity (Wildman–Crippen MR) is 212 cm³/mol. The van der Waals surface area contributed by atoms with E-state index in [0.29, 0.717) is 0 Å². The summed E-state index contributed by atoms with van der Waals surface area (Å²) in [6.45, 7) is -8.22. The molecule has 0 amide bonds. The van der Waals surface area contributed by atoms with Crippen molar-refractivity contribution in [3.05, 3.63) is 209 Å². The zero-order chi connectivity index (χ0) is 64.1. The molecule has 0 bridgehead atoms. The van der Waals surface area contributed by atoms with E-state index in [4.69, 9.17) is 27.4 Å². The average molecular weight is 685 g/mol. The highest BCUT2D eigenvalue weighted by Crippen LogP contribution is 2.65. The van der Waals surface area contributed by atoms with E-state index in [1.807, 2.05) is 0 Å². The highest BCUT2D eigenvalue weighted by molar-refractivity contribution is 6.00. The zero-order valence-electron chi connectivity index (χ0n) is 60.4. The molecule has 0 unspecified atom stereocenters. The summed E-state index contributed by atoms with van der Waals surface area (Å²) in [5.74, 6) is 0. The topological polar surface area (TPSA) is 3.24 Å². The number of anilines is 3. The van der Waals surface area contributed by atoms with Crippen LogP contribution in [0.2, 0.25) is 0 Å². The molecule has 240 valence electrons. The Kier molecular flexibility index (Phi) is 2.13. The fourth-order valence-corrected chi connectivity index (χ4v) is 7.31. The fourth-order valence-electron chi connectivity index (χ4n) is 7.31. The van der Waals surface area contributed by atoms with E-state index < -0.39 is 294 Å². The summed E-state index contributed by atoms with van der Waals surface area (Å²) in [5.41, 5.74) is -23.1. The molecule has 0 aliphatic heterocycles. The van der Waals surface area contributed by atoms with Crippen LogP contribution >= 0.6 is 0 Å². The van der Waals surface area contributed by atoms with E-state index in [0.717, 1.165) is 0 Å². The van der Waals surface area contributed by atoms with Crippen molar-refractivity contribution in [3.8, 4) is 33.4 Å². The number of benzene rings is 8. The molecule has 0 N–H and O–H groups in total. The van der Waals surface area contributed by atoms with Crippen LogP contribution in [0.25, 0.3) is 44.2 Å². The van der Waals surface area contributed by atoms with Gasteiger partial charge in [0.25, 0.3) is 0 Å². The van der Waals surface area contributed by atoms with E-state index in [1.54, 1.807) is 0 Å². The second-order valence-corrected chi connectivity index (χ2v) is 11.8. The van der Waals surface area contributed by atoms with Gasteiger partial charge in [0.2, 0.25) is 0 Å². The molecule has 0 fully saturated rings. The second kappa shape index (κ2) is 10.2. The summed E-state index contributed by atoms with van der Waals surface area (Å²) >= 11 is 0. The van der Waals surface area contributed by atoms with Crippen molar-refractivity contribution in [3.63, 3.8) is 0 Å². The third-order valence-corrected chi connectivity index (χ3v) is 9.31. The number of hydrogen-bond donors (Lipinski definition) is 0. The van der Waals surface area contributed by atoms with Crippen LogP contribution in [-0.2, 0) is 10.8 Å². The molecule has 8 aromatic carbocycles. The molecule has 1 spiro atoms. The lowest BCUT2D eigenvalue weighted by Gasteiger charge is -2.36. The van der Waals surface area contributed by atoms with Gasteiger partial charge in [-0.3, -0.25) is 0 Å². The van der Waals surface area contributed by atoms with Crippen molar-refractivity contribution in [1.29, 1.82) is 0 Å². The van der Waals surface area contributed by atoms with Gasteiger partial charge in [-0.2, -0.15) is 0 Å². The molecular formula is C50H35N. The first-order valence-electron chi connectivity index (χ1n) is 32.7. The van der Waals surface area contributed by atoms with Crippen LogP contribution in [0, 0.1) is 0 Å². The van der Waals surface area contributed by atoms with Gasteiger partial charge in [-0.15, -0.1) is 0 Å². The van der Waals surface area contributed by atoms with Crippen molar-refractivity contribution in [2.75, 3.05) is 4.90 Å². The largest absolute Gasteiger partial charge is 0.310 e. The Morgan fingerprint density at radius 3 is 1.57 bits per heavy atom. The van der Waals surface area contributed by atoms with Gasteiger partial charge in [-0.25, -0.2) is 0 Å². The molecule has 0 saturated carbocycles. The third-order valence-electron chi connectivity index (χ3n) is 9.31. The molecule has 0 saturated heterocycles. The first-order chi connectivity index (χ1) is 39.6. The highest BCUT2D eigenvalue weighted by Gasteiger charge is 2.53. The van der Waals surface area contributed by atoms with Crippen LogP contribution in [0.3, 0.4) is 0 Å². The molecule has 0 heterocycles. The van der Waals surface area contributed by atoms with Crippen molar-refractivity contribution in [2.45, 2.75) is 24.5 Å². The molecule has 3 aliphatic rings. The molecule has 1 heteroatoms. The van der Waals surface area contributed by atoms with Gasteiger partial charge in [-0.05, 0) is 102 Å². The standard InChI is InChI=1S/C50H35N/c1-49(2)42-21-9-5-16-36(42)40-29-28-35(31-46(40)49)51(34-27-26-32-14-3-4-15-33(32)30-34)47-25-13-20-41-39-19-8-12-24-45(39)50(48(41)47)43-22-10-6-17-37(43)38-18-7-11-23-44(38)50/h3-31H,1-2H3/i1D3,2D3,3D,4D,5D,6D,7D,8D,9D,10D,11D,12D,13D,14D,15D,16D,17D,18D,19D,20D,21D,22D,23D,24D,25D,26D,27D,28D,29D,30D,31D. The lowest BCUT2D eigenvalue weighted by molar-refractivity contribution is 0.660. The number of hydrogen-bond acceptors (Lipinski definition) is 1. The molecule has 0 radical (unpaired) electrons. The summed E-state index contributed by atoms with van der Waals surface area (Å²) in [5, 5.41) is -1.80. The summed E-state index contributed by atoms with van der Waals surface area (Å²) in [6.07, 6.45) is 0. The Hall–Kier alpha value is -6.18. The number of fused-ring (bicyclic) bond motifs is 14. The second-order valence-electron chi connectivity index (χ2n) is 11.8. The fraction of sp³-hybridized carbons (Fsp3) is 0.0800. The third kappa shape index (κ3) is 3.65. The number of rotatable bonds is 3. The summed E-state index contributed by atoms with van der Waals surface area (Å²) < 4.78 is 326. The van der Waals surface area contributed by atoms with Gasteiger partial charge in [0, 0.05) is 30.6 Å². The molecule has 0 aromatic heterocycles. The van der Waals surface area contributed by atoms with Gasteiger partial charge in [0.1, 0.15) is 0 Å². The zero-order valence-corrected chi connectivity index (χ0v) is 25.4. The minimum atomic E-state index is -4.11. The molecule has 1 nitrogen and oxygen atoms in total. The van der Waals surface area contributed by atoms with Gasteiger partial charge < -0.3 is 4.90 Å². The van der Waals surface area contributed by atoms with Crippen molar-refractivity contribution < 1.29 is 48.0 Å². The Morgan fingerprint density at radius 2 is 0.902 bits per heavy atom. The van der Waals surface area contributed by atoms with Crippen LogP contribution in [0.4, 0.5) is 17.1 Å². The van der Waals surface area contributed by atoms with Gasteiger partial charge in [0.15, 0.2) is 0 Å². The van der Waals surface area contributed by atoms with Crippen LogP contribution in [0.15, 0.2) is 175 Å². The predicted octanol–water partition coefficient (Wildman–Crippen LogP) is 13.0. The smallest absolute Gasteiger partial charge is 0.0746 e. The Labute approximate surface area is 348 Å². The van der Waals surface area contributed by atoms with E-state index in [2.05, 4.69) is 0 Å². The van der Waals surface area contributed by atoms with Crippen LogP contribution < -0.4 is 4.90 Å². The van der Waals surface area contributed by atoms with Gasteiger partial charge in [-0.1, -0.05) is 159 Å². The minimum absolute atomic E-state index is 0.228. The van der Waals surface area contributed by atoms with Gasteiger partial charge in [0.05, 0.1) is 50.9 Å². The van der Waals surface area contributed by atoms with Crippen molar-refractivity contribution >= 4 is 27.8 Å². The normalized spacial score (nSPS) is 25.0. The molecule has 0 atom stereocenters. The molecule has 3 aliphatic carbocycles. The highest BCUT2D eigenvalue weighted by atomic mass is 15.1. The summed E-state index contributed by atoms with van der Waals surface area (Å²) in [4.78, 5) is 0.228. The molecule has 11 rings (SSSR count). The molecular weight excluding hydrogens is 615 g/mol. The summed E-state index contributed by atoms with van der Waals surface area (Å²) in [6, 6.07) is -34.7. The maximum atomic E-state index is 10.4. The molecule has 8 aromatic rings. The lowest BCUT2D eigenvalue weighted by atomic mass is 9.70. The van der Waals surface area contributed by atoms with Crippen LogP contribution in [0.5, 0.6) is 0 Å². The number of nitrogens with zero attached hydrogens (tertiary/aromatic N) is 1. The average Bonchev–Trinajstić information content (AvgIpc) is 1.47. The molecule has 51 heavy (non-hydrogen) atoms. The first kappa shape index (κ1) is 10.7. The first-order valence-corrected chi connectivity index (χ1v) is 15.2. The SMILES string of the molecule is [2H]c1c([2H])c([2H])c2c(c1[2H])-c1c([2H])c([2H])c([2H])c([2H])c1C21c2c([2H])c([2H])c([2H])c([2H])c2-c2c([2H])c([2H])c([2H])c(N(c3c([2H])c([2H])c4c(c3[2H])C(C([2H])([2H])[2H])(C([2H])([2H])[2H])c3c([2H])c([2H])c([2H])c([2H])c3-4)c3c([2H])c([2H])c4c([2H])c([2H])c([2H])c([2H])c4c3[2H])c21. The maximum absolute atomic E-state index is 10.4. The van der Waals surface area contributed by atoms with Crippen molar-refractivity contribution in [1.82, 2.24) is 0 Å². The van der Waals surface area contributed by atoms with Crippen LogP contribution in [0.1, 0.15) is 95.1 Å². The van der Waals surface area contributed by atoms with E-state index in [-0.39, 0.29) is 4.90 Å². The van der Waals surface area contributed by atoms with Crippen molar-refractivity contribution in [2.24, 2.45) is 0 Å². The quantitative estimate of drug-likeness (QED) is 0.179. The Morgan fingerprint density at radius 1 is 0.412 bits per heavy atom.